The van der Waals surface area contributed by atoms with E-state index in [0.717, 1.165) is 18.5 Å². The van der Waals surface area contributed by atoms with E-state index in [1.807, 2.05) is 34.6 Å². The maximum atomic E-state index is 13.2. The number of hydrogen-bond donors (Lipinski definition) is 1. The number of carbonyl (C=O) groups excluding carboxylic acids is 2. The van der Waals surface area contributed by atoms with Gasteiger partial charge in [0.25, 0.3) is 5.91 Å². The number of rotatable bonds is 9. The predicted octanol–water partition coefficient (Wildman–Crippen LogP) is 4.79. The Balaban J connectivity index is 1.91. The smallest absolute Gasteiger partial charge is 0.339 e. The quantitative estimate of drug-likeness (QED) is 0.475. The normalized spacial score (nSPS) is 12.5. The molecule has 1 N–H and O–H groups in total. The lowest BCUT2D eigenvalue weighted by atomic mass is 10.1. The van der Waals surface area contributed by atoms with E-state index >= 15 is 0 Å². The number of nitrogens with zero attached hydrogens (tertiary/aromatic N) is 4. The Labute approximate surface area is 187 Å². The molecule has 1 atom stereocenters. The largest absolute Gasteiger partial charge is 0.449 e. The number of hydrogen-bond acceptors (Lipinski definition) is 7. The Kier molecular flexibility index (Phi) is 7.27. The van der Waals surface area contributed by atoms with Gasteiger partial charge in [-0.25, -0.2) is 14.5 Å². The van der Waals surface area contributed by atoms with Crippen LogP contribution in [0.5, 0.6) is 0 Å². The number of pyridine rings is 1. The molecule has 3 rings (SSSR count). The summed E-state index contributed by atoms with van der Waals surface area (Å²) >= 11 is 0. The molecule has 0 aromatic carbocycles. The van der Waals surface area contributed by atoms with E-state index in [1.165, 1.54) is 0 Å². The van der Waals surface area contributed by atoms with Crippen molar-refractivity contribution in [3.8, 4) is 0 Å². The number of ether oxygens (including phenoxy) is 1. The zero-order valence-electron chi connectivity index (χ0n) is 19.5. The predicted molar refractivity (Wildman–Crippen MR) is 121 cm³/mol. The highest BCUT2D eigenvalue weighted by Crippen LogP contribution is 2.26. The van der Waals surface area contributed by atoms with Crippen molar-refractivity contribution in [2.45, 2.75) is 78.9 Å². The molecule has 1 amide bonds. The van der Waals surface area contributed by atoms with Crippen molar-refractivity contribution in [3.05, 3.63) is 35.3 Å². The summed E-state index contributed by atoms with van der Waals surface area (Å²) in [6, 6.07) is 3.43. The van der Waals surface area contributed by atoms with Gasteiger partial charge in [-0.05, 0) is 45.6 Å². The maximum Gasteiger partial charge on any atom is 0.339 e. The lowest BCUT2D eigenvalue weighted by molar-refractivity contribution is -0.125. The van der Waals surface area contributed by atoms with E-state index in [-0.39, 0.29) is 17.8 Å². The Morgan fingerprint density at radius 2 is 1.97 bits per heavy atom. The number of aryl methyl sites for hydroxylation is 1. The Hall–Kier alpha value is -3.23. The first-order valence-electron chi connectivity index (χ1n) is 11.0. The summed E-state index contributed by atoms with van der Waals surface area (Å²) in [6.07, 6.45) is 2.68. The molecule has 0 fully saturated rings. The second-order valence-corrected chi connectivity index (χ2v) is 8.52. The van der Waals surface area contributed by atoms with Gasteiger partial charge in [0.2, 0.25) is 0 Å². The van der Waals surface area contributed by atoms with E-state index < -0.39 is 18.0 Å². The van der Waals surface area contributed by atoms with Crippen molar-refractivity contribution < 1.29 is 18.8 Å². The van der Waals surface area contributed by atoms with Crippen LogP contribution in [0.4, 0.5) is 5.82 Å². The zero-order chi connectivity index (χ0) is 23.4. The number of anilines is 1. The molecule has 0 saturated carbocycles. The summed E-state index contributed by atoms with van der Waals surface area (Å²) < 4.78 is 12.5. The standard InChI is InChI=1S/C23H31N5O4/c1-7-8-9-19(22(29)26-20-10-15(6)32-27-20)31-23(30)16-11-18(13(2)3)25-21-17(16)12-24-28(21)14(4)5/h10-14,19H,7-9H2,1-6H3,(H,26,27,29). The molecule has 0 radical (unpaired) electrons. The van der Waals surface area contributed by atoms with Gasteiger partial charge in [-0.15, -0.1) is 0 Å². The summed E-state index contributed by atoms with van der Waals surface area (Å²) in [5.74, 6) is -0.0415. The molecule has 1 unspecified atom stereocenters. The molecule has 0 saturated heterocycles. The number of carbonyl (C=O) groups is 2. The van der Waals surface area contributed by atoms with Crippen LogP contribution in [0, 0.1) is 6.92 Å². The second-order valence-electron chi connectivity index (χ2n) is 8.52. The fourth-order valence-electron chi connectivity index (χ4n) is 3.34. The summed E-state index contributed by atoms with van der Waals surface area (Å²) in [5, 5.41) is 11.5. The molecule has 9 nitrogen and oxygen atoms in total. The van der Waals surface area contributed by atoms with Gasteiger partial charge in [-0.1, -0.05) is 32.3 Å². The molecule has 0 aliphatic heterocycles. The minimum Gasteiger partial charge on any atom is -0.449 e. The molecule has 172 valence electrons. The monoisotopic (exact) mass is 441 g/mol. The van der Waals surface area contributed by atoms with Crippen LogP contribution < -0.4 is 5.32 Å². The van der Waals surface area contributed by atoms with Gasteiger partial charge in [0.15, 0.2) is 17.6 Å². The lowest BCUT2D eigenvalue weighted by Crippen LogP contribution is -2.33. The molecule has 3 heterocycles. The Morgan fingerprint density at radius 1 is 1.22 bits per heavy atom. The number of fused-ring (bicyclic) bond motifs is 1. The first kappa shape index (κ1) is 23.4. The maximum absolute atomic E-state index is 13.2. The van der Waals surface area contributed by atoms with Crippen molar-refractivity contribution in [2.24, 2.45) is 0 Å². The molecule has 32 heavy (non-hydrogen) atoms. The highest BCUT2D eigenvalue weighted by Gasteiger charge is 2.27. The van der Waals surface area contributed by atoms with Crippen LogP contribution in [0.2, 0.25) is 0 Å². The second kappa shape index (κ2) is 9.93. The first-order valence-corrected chi connectivity index (χ1v) is 11.0. The van der Waals surface area contributed by atoms with Crippen LogP contribution in [-0.4, -0.2) is 37.9 Å². The topological polar surface area (TPSA) is 112 Å². The van der Waals surface area contributed by atoms with Crippen LogP contribution in [0.1, 0.15) is 87.7 Å². The number of nitrogens with one attached hydrogen (secondary N) is 1. The van der Waals surface area contributed by atoms with Gasteiger partial charge in [-0.2, -0.15) is 5.10 Å². The molecule has 0 aliphatic carbocycles. The average molecular weight is 442 g/mol. The zero-order valence-corrected chi connectivity index (χ0v) is 19.5. The first-order chi connectivity index (χ1) is 15.2. The number of esters is 1. The molecular formula is C23H31N5O4. The van der Waals surface area contributed by atoms with Crippen molar-refractivity contribution in [3.63, 3.8) is 0 Å². The number of unbranched alkanes of at least 4 members (excludes halogenated alkanes) is 1. The van der Waals surface area contributed by atoms with Gasteiger partial charge >= 0.3 is 5.97 Å². The van der Waals surface area contributed by atoms with E-state index in [1.54, 1.807) is 29.9 Å². The molecule has 3 aromatic rings. The van der Waals surface area contributed by atoms with Crippen molar-refractivity contribution in [1.29, 1.82) is 0 Å². The van der Waals surface area contributed by atoms with Gasteiger partial charge in [0.1, 0.15) is 5.76 Å². The lowest BCUT2D eigenvalue weighted by Gasteiger charge is -2.18. The van der Waals surface area contributed by atoms with Crippen molar-refractivity contribution >= 4 is 28.7 Å². The van der Waals surface area contributed by atoms with Gasteiger partial charge in [0, 0.05) is 17.8 Å². The molecule has 3 aromatic heterocycles. The molecular weight excluding hydrogens is 410 g/mol. The summed E-state index contributed by atoms with van der Waals surface area (Å²) in [4.78, 5) is 30.8. The van der Waals surface area contributed by atoms with E-state index in [0.29, 0.717) is 28.8 Å². The SMILES string of the molecule is CCCCC(OC(=O)c1cc(C(C)C)nc2c1cnn2C(C)C)C(=O)Nc1cc(C)on1. The van der Waals surface area contributed by atoms with E-state index in [4.69, 9.17) is 14.2 Å². The summed E-state index contributed by atoms with van der Waals surface area (Å²) in [7, 11) is 0. The Morgan fingerprint density at radius 3 is 2.56 bits per heavy atom. The summed E-state index contributed by atoms with van der Waals surface area (Å²) in [6.45, 7) is 11.8. The van der Waals surface area contributed by atoms with Crippen LogP contribution in [0.15, 0.2) is 22.9 Å². The third-order valence-corrected chi connectivity index (χ3v) is 5.13. The molecule has 0 aliphatic rings. The van der Waals surface area contributed by atoms with Crippen LogP contribution in [0.3, 0.4) is 0 Å². The fourth-order valence-corrected chi connectivity index (χ4v) is 3.34. The van der Waals surface area contributed by atoms with Crippen molar-refractivity contribution in [1.82, 2.24) is 19.9 Å². The van der Waals surface area contributed by atoms with Gasteiger partial charge < -0.3 is 14.6 Å². The molecule has 9 heteroatoms. The third kappa shape index (κ3) is 5.15. The highest BCUT2D eigenvalue weighted by atomic mass is 16.5. The van der Waals surface area contributed by atoms with Crippen LogP contribution >= 0.6 is 0 Å². The molecule has 0 spiro atoms. The molecule has 0 bridgehead atoms. The van der Waals surface area contributed by atoms with Gasteiger partial charge in [-0.3, -0.25) is 4.79 Å². The van der Waals surface area contributed by atoms with Crippen molar-refractivity contribution in [2.75, 3.05) is 5.32 Å². The van der Waals surface area contributed by atoms with Crippen LogP contribution in [-0.2, 0) is 9.53 Å². The number of aromatic nitrogens is 4. The summed E-state index contributed by atoms with van der Waals surface area (Å²) in [5.41, 5.74) is 1.75. The van der Waals surface area contributed by atoms with Gasteiger partial charge in [0.05, 0.1) is 17.1 Å². The van der Waals surface area contributed by atoms with E-state index in [2.05, 4.69) is 15.6 Å². The average Bonchev–Trinajstić information content (AvgIpc) is 3.35. The Bertz CT molecular complexity index is 1100. The highest BCUT2D eigenvalue weighted by molar-refractivity contribution is 6.04. The van der Waals surface area contributed by atoms with Crippen LogP contribution in [0.25, 0.3) is 11.0 Å². The minimum absolute atomic E-state index is 0.0836. The number of amides is 1. The fraction of sp³-hybridized carbons (Fsp3) is 0.522. The third-order valence-electron chi connectivity index (χ3n) is 5.13. The minimum atomic E-state index is -0.953. The van der Waals surface area contributed by atoms with E-state index in [9.17, 15) is 9.59 Å².